The lowest BCUT2D eigenvalue weighted by Gasteiger charge is -2.09. The van der Waals surface area contributed by atoms with Gasteiger partial charge in [-0.05, 0) is 30.7 Å². The highest BCUT2D eigenvalue weighted by atomic mass is 16.6. The number of benzene rings is 2. The zero-order valence-corrected chi connectivity index (χ0v) is 15.0. The number of nitro groups is 1. The predicted molar refractivity (Wildman–Crippen MR) is 99.6 cm³/mol. The van der Waals surface area contributed by atoms with E-state index in [-0.39, 0.29) is 28.3 Å². The van der Waals surface area contributed by atoms with Gasteiger partial charge in [0, 0.05) is 23.4 Å². The Morgan fingerprint density at radius 1 is 1.22 bits per heavy atom. The summed E-state index contributed by atoms with van der Waals surface area (Å²) in [6, 6.07) is 11.4. The summed E-state index contributed by atoms with van der Waals surface area (Å²) in [5.74, 6) is -0.395. The highest BCUT2D eigenvalue weighted by Gasteiger charge is 2.20. The molecule has 27 heavy (non-hydrogen) atoms. The molecule has 2 aromatic carbocycles. The average molecular weight is 367 g/mol. The SMILES string of the molecule is COc1cc(OC)c([N+](=O)[O-])cc1/C=C(/C#N)C(=O)Nc1cccc(C)c1. The molecular weight excluding hydrogens is 350 g/mol. The molecule has 0 fully saturated rings. The fourth-order valence-corrected chi connectivity index (χ4v) is 2.39. The first kappa shape index (κ1) is 19.5. The molecule has 0 saturated heterocycles. The molecule has 2 rings (SSSR count). The van der Waals surface area contributed by atoms with Gasteiger partial charge < -0.3 is 14.8 Å². The molecule has 0 saturated carbocycles. The van der Waals surface area contributed by atoms with Gasteiger partial charge in [0.05, 0.1) is 19.1 Å². The van der Waals surface area contributed by atoms with Crippen molar-refractivity contribution >= 4 is 23.4 Å². The average Bonchev–Trinajstić information content (AvgIpc) is 2.65. The van der Waals surface area contributed by atoms with Crippen molar-refractivity contribution in [3.05, 3.63) is 63.2 Å². The number of nitriles is 1. The van der Waals surface area contributed by atoms with Crippen molar-refractivity contribution in [2.75, 3.05) is 19.5 Å². The highest BCUT2D eigenvalue weighted by molar-refractivity contribution is 6.09. The van der Waals surface area contributed by atoms with Crippen molar-refractivity contribution in [1.82, 2.24) is 0 Å². The van der Waals surface area contributed by atoms with Gasteiger partial charge >= 0.3 is 5.69 Å². The molecule has 138 valence electrons. The minimum absolute atomic E-state index is 0.0109. The van der Waals surface area contributed by atoms with Gasteiger partial charge in [-0.15, -0.1) is 0 Å². The predicted octanol–water partition coefficient (Wildman–Crippen LogP) is 3.47. The van der Waals surface area contributed by atoms with Crippen LogP contribution in [0.1, 0.15) is 11.1 Å². The molecule has 0 spiro atoms. The van der Waals surface area contributed by atoms with E-state index in [2.05, 4.69) is 5.32 Å². The van der Waals surface area contributed by atoms with Crippen LogP contribution in [0, 0.1) is 28.4 Å². The van der Waals surface area contributed by atoms with Crippen molar-refractivity contribution in [2.24, 2.45) is 0 Å². The van der Waals surface area contributed by atoms with Crippen LogP contribution in [-0.2, 0) is 4.79 Å². The van der Waals surface area contributed by atoms with Crippen LogP contribution in [0.25, 0.3) is 6.08 Å². The van der Waals surface area contributed by atoms with E-state index in [0.717, 1.165) is 5.56 Å². The van der Waals surface area contributed by atoms with Crippen molar-refractivity contribution in [1.29, 1.82) is 5.26 Å². The minimum Gasteiger partial charge on any atom is -0.496 e. The van der Waals surface area contributed by atoms with Gasteiger partial charge in [-0.25, -0.2) is 0 Å². The molecule has 0 aliphatic carbocycles. The van der Waals surface area contributed by atoms with Gasteiger partial charge in [0.2, 0.25) is 5.75 Å². The van der Waals surface area contributed by atoms with Crippen LogP contribution in [0.2, 0.25) is 0 Å². The van der Waals surface area contributed by atoms with Crippen LogP contribution in [0.3, 0.4) is 0 Å². The third-order valence-electron chi connectivity index (χ3n) is 3.67. The first-order chi connectivity index (χ1) is 12.9. The third-order valence-corrected chi connectivity index (χ3v) is 3.67. The molecule has 0 bridgehead atoms. The van der Waals surface area contributed by atoms with Gasteiger partial charge in [-0.2, -0.15) is 5.26 Å². The normalized spacial score (nSPS) is 10.7. The molecule has 1 amide bonds. The molecule has 0 aliphatic rings. The standard InChI is InChI=1S/C19H17N3O5/c1-12-5-4-6-15(7-12)21-19(23)14(11-20)8-13-9-16(22(24)25)18(27-3)10-17(13)26-2/h4-10H,1-3H3,(H,21,23)/b14-8-. The van der Waals surface area contributed by atoms with Gasteiger partial charge in [-0.3, -0.25) is 14.9 Å². The smallest absolute Gasteiger partial charge is 0.311 e. The zero-order chi connectivity index (χ0) is 20.0. The first-order valence-corrected chi connectivity index (χ1v) is 7.79. The molecule has 0 aromatic heterocycles. The van der Waals surface area contributed by atoms with E-state index in [1.54, 1.807) is 24.3 Å². The molecule has 8 heteroatoms. The van der Waals surface area contributed by atoms with Crippen LogP contribution in [0.15, 0.2) is 42.0 Å². The summed E-state index contributed by atoms with van der Waals surface area (Å²) in [5, 5.41) is 23.2. The topological polar surface area (TPSA) is 114 Å². The molecule has 0 atom stereocenters. The Labute approximate surface area is 155 Å². The Morgan fingerprint density at radius 2 is 1.93 bits per heavy atom. The highest BCUT2D eigenvalue weighted by Crippen LogP contribution is 2.35. The maximum atomic E-state index is 12.4. The van der Waals surface area contributed by atoms with Crippen molar-refractivity contribution < 1.29 is 19.2 Å². The number of amides is 1. The molecule has 8 nitrogen and oxygen atoms in total. The van der Waals surface area contributed by atoms with Crippen LogP contribution in [-0.4, -0.2) is 25.1 Å². The molecule has 1 N–H and O–H groups in total. The molecule has 0 radical (unpaired) electrons. The third kappa shape index (κ3) is 4.61. The lowest BCUT2D eigenvalue weighted by Crippen LogP contribution is -2.13. The van der Waals surface area contributed by atoms with Gasteiger partial charge in [0.1, 0.15) is 17.4 Å². The number of hydrogen-bond acceptors (Lipinski definition) is 6. The van der Waals surface area contributed by atoms with Crippen LogP contribution in [0.4, 0.5) is 11.4 Å². The Morgan fingerprint density at radius 3 is 2.48 bits per heavy atom. The zero-order valence-electron chi connectivity index (χ0n) is 15.0. The summed E-state index contributed by atoms with van der Waals surface area (Å²) in [5.41, 5.74) is 1.16. The van der Waals surface area contributed by atoms with Crippen LogP contribution >= 0.6 is 0 Å². The summed E-state index contributed by atoms with van der Waals surface area (Å²) < 4.78 is 10.2. The number of nitrogens with zero attached hydrogens (tertiary/aromatic N) is 2. The fourth-order valence-electron chi connectivity index (χ4n) is 2.39. The van der Waals surface area contributed by atoms with Gasteiger partial charge in [0.25, 0.3) is 5.91 Å². The summed E-state index contributed by atoms with van der Waals surface area (Å²) in [6.45, 7) is 1.87. The monoisotopic (exact) mass is 367 g/mol. The molecule has 2 aromatic rings. The molecular formula is C19H17N3O5. The number of carbonyl (C=O) groups excluding carboxylic acids is 1. The fraction of sp³-hybridized carbons (Fsp3) is 0.158. The quantitative estimate of drug-likeness (QED) is 0.362. The lowest BCUT2D eigenvalue weighted by molar-refractivity contribution is -0.385. The van der Waals surface area contributed by atoms with Gasteiger partial charge in [0.15, 0.2) is 0 Å². The number of nitrogens with one attached hydrogen (secondary N) is 1. The summed E-state index contributed by atoms with van der Waals surface area (Å²) in [4.78, 5) is 23.0. The molecule has 0 unspecified atom stereocenters. The van der Waals surface area contributed by atoms with E-state index in [4.69, 9.17) is 9.47 Å². The Bertz CT molecular complexity index is 960. The number of nitro benzene ring substituents is 1. The van der Waals surface area contributed by atoms with E-state index in [9.17, 15) is 20.2 Å². The lowest BCUT2D eigenvalue weighted by atomic mass is 10.1. The van der Waals surface area contributed by atoms with Crippen molar-refractivity contribution in [3.63, 3.8) is 0 Å². The maximum Gasteiger partial charge on any atom is 0.311 e. The number of hydrogen-bond donors (Lipinski definition) is 1. The number of anilines is 1. The second-order valence-corrected chi connectivity index (χ2v) is 5.52. The van der Waals surface area contributed by atoms with E-state index >= 15 is 0 Å². The van der Waals surface area contributed by atoms with E-state index in [1.807, 2.05) is 13.0 Å². The number of carbonyl (C=O) groups is 1. The van der Waals surface area contributed by atoms with Crippen LogP contribution in [0.5, 0.6) is 11.5 Å². The van der Waals surface area contributed by atoms with E-state index in [1.165, 1.54) is 32.4 Å². The Kier molecular flexibility index (Phi) is 6.12. The summed E-state index contributed by atoms with van der Waals surface area (Å²) in [6.07, 6.45) is 1.23. The largest absolute Gasteiger partial charge is 0.496 e. The van der Waals surface area contributed by atoms with E-state index < -0.39 is 10.8 Å². The minimum atomic E-state index is -0.636. The van der Waals surface area contributed by atoms with Crippen molar-refractivity contribution in [3.8, 4) is 17.6 Å². The number of rotatable bonds is 6. The van der Waals surface area contributed by atoms with Crippen LogP contribution < -0.4 is 14.8 Å². The Balaban J connectivity index is 2.44. The van der Waals surface area contributed by atoms with Gasteiger partial charge in [-0.1, -0.05) is 12.1 Å². The number of ether oxygens (including phenoxy) is 2. The molecule has 0 aliphatic heterocycles. The Hall–Kier alpha value is -3.86. The first-order valence-electron chi connectivity index (χ1n) is 7.79. The second-order valence-electron chi connectivity index (χ2n) is 5.52. The molecule has 0 heterocycles. The summed E-state index contributed by atoms with van der Waals surface area (Å²) >= 11 is 0. The number of aryl methyl sites for hydroxylation is 1. The maximum absolute atomic E-state index is 12.4. The number of methoxy groups -OCH3 is 2. The summed E-state index contributed by atoms with van der Waals surface area (Å²) in [7, 11) is 2.67. The van der Waals surface area contributed by atoms with E-state index in [0.29, 0.717) is 5.69 Å². The second kappa shape index (κ2) is 8.49. The van der Waals surface area contributed by atoms with Crippen molar-refractivity contribution in [2.45, 2.75) is 6.92 Å².